The van der Waals surface area contributed by atoms with Gasteiger partial charge in [0.2, 0.25) is 11.0 Å². The van der Waals surface area contributed by atoms with E-state index in [1.54, 1.807) is 19.1 Å². The van der Waals surface area contributed by atoms with Crippen LogP contribution < -0.4 is 15.4 Å². The average Bonchev–Trinajstić information content (AvgIpc) is 3.01. The van der Waals surface area contributed by atoms with Gasteiger partial charge in [0.15, 0.2) is 4.34 Å². The molecule has 0 aliphatic heterocycles. The van der Waals surface area contributed by atoms with Crippen LogP contribution in [0, 0.1) is 6.92 Å². The maximum absolute atomic E-state index is 12.1. The molecule has 0 unspecified atom stereocenters. The number of ether oxygens (including phenoxy) is 1. The molecule has 2 N–H and O–H groups in total. The zero-order valence-electron chi connectivity index (χ0n) is 13.6. The van der Waals surface area contributed by atoms with E-state index in [2.05, 4.69) is 20.8 Å². The van der Waals surface area contributed by atoms with Crippen LogP contribution in [0.3, 0.4) is 0 Å². The molecule has 0 radical (unpaired) electrons. The Morgan fingerprint density at radius 2 is 2.12 bits per heavy atom. The predicted molar refractivity (Wildman–Crippen MR) is 96.5 cm³/mol. The minimum absolute atomic E-state index is 0.0126. The second-order valence-corrected chi connectivity index (χ2v) is 7.59. The van der Waals surface area contributed by atoms with Crippen molar-refractivity contribution >= 4 is 51.4 Å². The van der Waals surface area contributed by atoms with E-state index in [0.717, 1.165) is 28.7 Å². The molecule has 0 spiro atoms. The number of hydrogen-bond acceptors (Lipinski definition) is 7. The molecular weight excluding hydrogens is 413 g/mol. The van der Waals surface area contributed by atoms with E-state index in [9.17, 15) is 18.0 Å². The quantitative estimate of drug-likeness (QED) is 0.646. The third kappa shape index (κ3) is 6.22. The molecule has 0 saturated carbocycles. The van der Waals surface area contributed by atoms with Gasteiger partial charge in [0.05, 0.1) is 18.6 Å². The molecular formula is C14H14ClF3N4O2S2. The normalized spacial score (nSPS) is 11.3. The van der Waals surface area contributed by atoms with Gasteiger partial charge in [-0.3, -0.25) is 4.79 Å². The zero-order valence-corrected chi connectivity index (χ0v) is 16.0. The number of carbonyl (C=O) groups excluding carboxylic acids is 1. The number of hydrogen-bond donors (Lipinski definition) is 2. The molecule has 12 heteroatoms. The molecule has 0 atom stereocenters. The van der Waals surface area contributed by atoms with Crippen molar-refractivity contribution in [3.63, 3.8) is 0 Å². The molecule has 0 fully saturated rings. The summed E-state index contributed by atoms with van der Waals surface area (Å²) in [5.74, 6) is 0.113. The molecule has 0 saturated heterocycles. The van der Waals surface area contributed by atoms with Crippen molar-refractivity contribution in [1.82, 2.24) is 10.2 Å². The maximum Gasteiger partial charge on any atom is 0.405 e. The Labute approximate surface area is 160 Å². The van der Waals surface area contributed by atoms with E-state index >= 15 is 0 Å². The fourth-order valence-electron chi connectivity index (χ4n) is 1.76. The van der Waals surface area contributed by atoms with Crippen molar-refractivity contribution in [2.75, 3.05) is 30.0 Å². The lowest BCUT2D eigenvalue weighted by molar-refractivity contribution is -0.115. The van der Waals surface area contributed by atoms with Crippen LogP contribution in [0.1, 0.15) is 5.56 Å². The number of rotatable bonds is 7. The van der Waals surface area contributed by atoms with Crippen molar-refractivity contribution in [1.29, 1.82) is 0 Å². The highest BCUT2D eigenvalue weighted by Crippen LogP contribution is 2.31. The molecule has 26 heavy (non-hydrogen) atoms. The van der Waals surface area contributed by atoms with Gasteiger partial charge in [-0.1, -0.05) is 34.7 Å². The summed E-state index contributed by atoms with van der Waals surface area (Å²) in [6.07, 6.45) is -4.34. The van der Waals surface area contributed by atoms with Crippen molar-refractivity contribution in [3.05, 3.63) is 22.7 Å². The van der Waals surface area contributed by atoms with Crippen LogP contribution in [0.15, 0.2) is 16.5 Å². The first-order valence-corrected chi connectivity index (χ1v) is 9.27. The van der Waals surface area contributed by atoms with Gasteiger partial charge in [-0.15, -0.1) is 10.2 Å². The molecule has 142 valence electrons. The number of anilines is 2. The summed E-state index contributed by atoms with van der Waals surface area (Å²) in [5, 5.41) is 12.7. The number of nitrogens with zero attached hydrogens (tertiary/aromatic N) is 2. The van der Waals surface area contributed by atoms with E-state index in [1.165, 1.54) is 7.11 Å². The van der Waals surface area contributed by atoms with Gasteiger partial charge < -0.3 is 15.4 Å². The fourth-order valence-corrected chi connectivity index (χ4v) is 3.46. The van der Waals surface area contributed by atoms with Crippen LogP contribution in [0.25, 0.3) is 0 Å². The summed E-state index contributed by atoms with van der Waals surface area (Å²) in [7, 11) is 1.46. The van der Waals surface area contributed by atoms with E-state index in [0.29, 0.717) is 20.8 Å². The maximum atomic E-state index is 12.1. The summed E-state index contributed by atoms with van der Waals surface area (Å²) in [6, 6.07) is 3.29. The number of nitrogens with one attached hydrogen (secondary N) is 2. The Bertz CT molecular complexity index is 786. The van der Waals surface area contributed by atoms with E-state index in [-0.39, 0.29) is 16.8 Å². The lowest BCUT2D eigenvalue weighted by atomic mass is 10.2. The molecule has 1 heterocycles. The highest BCUT2D eigenvalue weighted by atomic mass is 35.5. The number of aromatic nitrogens is 2. The average molecular weight is 427 g/mol. The standard InChI is InChI=1S/C14H14ClF3N4O2S2/c1-7-3-9(10(24-2)4-8(7)15)20-11(23)5-25-13-22-21-12(26-13)19-6-14(16,17)18/h3-4H,5-6H2,1-2H3,(H,19,21)(H,20,23). The number of methoxy groups -OCH3 is 1. The summed E-state index contributed by atoms with van der Waals surface area (Å²) in [4.78, 5) is 12.1. The second-order valence-electron chi connectivity index (χ2n) is 4.98. The molecule has 1 amide bonds. The van der Waals surface area contributed by atoms with Crippen LogP contribution >= 0.6 is 34.7 Å². The lowest BCUT2D eigenvalue weighted by Gasteiger charge is -2.11. The van der Waals surface area contributed by atoms with Gasteiger partial charge in [-0.25, -0.2) is 0 Å². The van der Waals surface area contributed by atoms with Crippen LogP contribution in [-0.2, 0) is 4.79 Å². The number of benzene rings is 1. The van der Waals surface area contributed by atoms with Gasteiger partial charge in [-0.05, 0) is 18.6 Å². The third-order valence-corrected chi connectivity index (χ3v) is 5.35. The Hall–Kier alpha value is -1.72. The van der Waals surface area contributed by atoms with Crippen LogP contribution in [0.5, 0.6) is 5.75 Å². The molecule has 6 nitrogen and oxygen atoms in total. The second kappa shape index (κ2) is 8.78. The SMILES string of the molecule is COc1cc(Cl)c(C)cc1NC(=O)CSc1nnc(NCC(F)(F)F)s1. The van der Waals surface area contributed by atoms with Gasteiger partial charge in [0.25, 0.3) is 0 Å². The number of carbonyl (C=O) groups is 1. The molecule has 1 aromatic carbocycles. The number of thioether (sulfide) groups is 1. The van der Waals surface area contributed by atoms with Gasteiger partial charge >= 0.3 is 6.18 Å². The largest absolute Gasteiger partial charge is 0.495 e. The molecule has 2 aromatic rings. The number of halogens is 4. The minimum Gasteiger partial charge on any atom is -0.495 e. The van der Waals surface area contributed by atoms with Crippen molar-refractivity contribution < 1.29 is 22.7 Å². The molecule has 0 bridgehead atoms. The van der Waals surface area contributed by atoms with Crippen LogP contribution in [0.2, 0.25) is 5.02 Å². The first-order chi connectivity index (χ1) is 12.2. The number of aryl methyl sites for hydroxylation is 1. The van der Waals surface area contributed by atoms with E-state index in [1.807, 2.05) is 0 Å². The van der Waals surface area contributed by atoms with Crippen molar-refractivity contribution in [2.24, 2.45) is 0 Å². The summed E-state index contributed by atoms with van der Waals surface area (Å²) >= 11 is 8.02. The number of amides is 1. The smallest absolute Gasteiger partial charge is 0.405 e. The van der Waals surface area contributed by atoms with Crippen molar-refractivity contribution in [2.45, 2.75) is 17.4 Å². The Kier molecular flexibility index (Phi) is 6.95. The first kappa shape index (κ1) is 20.6. The fraction of sp³-hybridized carbons (Fsp3) is 0.357. The summed E-state index contributed by atoms with van der Waals surface area (Å²) in [6.45, 7) is 0.603. The summed E-state index contributed by atoms with van der Waals surface area (Å²) < 4.78 is 42.0. The molecule has 0 aliphatic rings. The van der Waals surface area contributed by atoms with Crippen molar-refractivity contribution in [3.8, 4) is 5.75 Å². The molecule has 2 rings (SSSR count). The predicted octanol–water partition coefficient (Wildman–Crippen LogP) is 4.21. The van der Waals surface area contributed by atoms with E-state index < -0.39 is 12.7 Å². The first-order valence-electron chi connectivity index (χ1n) is 7.09. The molecule has 1 aromatic heterocycles. The van der Waals surface area contributed by atoms with Crippen LogP contribution in [0.4, 0.5) is 24.0 Å². The van der Waals surface area contributed by atoms with Gasteiger partial charge in [0, 0.05) is 11.1 Å². The Morgan fingerprint density at radius 1 is 1.38 bits per heavy atom. The summed E-state index contributed by atoms with van der Waals surface area (Å²) in [5.41, 5.74) is 1.25. The van der Waals surface area contributed by atoms with Gasteiger partial charge in [0.1, 0.15) is 12.3 Å². The third-order valence-electron chi connectivity index (χ3n) is 2.93. The topological polar surface area (TPSA) is 76.1 Å². The Balaban J connectivity index is 1.90. The number of alkyl halides is 3. The molecule has 0 aliphatic carbocycles. The van der Waals surface area contributed by atoms with E-state index in [4.69, 9.17) is 16.3 Å². The highest BCUT2D eigenvalue weighted by molar-refractivity contribution is 8.01. The van der Waals surface area contributed by atoms with Crippen LogP contribution in [-0.4, -0.2) is 41.7 Å². The zero-order chi connectivity index (χ0) is 19.3. The monoisotopic (exact) mass is 426 g/mol. The van der Waals surface area contributed by atoms with Gasteiger partial charge in [-0.2, -0.15) is 13.2 Å². The Morgan fingerprint density at radius 3 is 2.77 bits per heavy atom. The minimum atomic E-state index is -4.34. The lowest BCUT2D eigenvalue weighted by Crippen LogP contribution is -2.21. The highest BCUT2D eigenvalue weighted by Gasteiger charge is 2.27.